The maximum Gasteiger partial charge on any atom is 0.192 e. The van der Waals surface area contributed by atoms with Crippen molar-refractivity contribution in [3.63, 3.8) is 0 Å². The summed E-state index contributed by atoms with van der Waals surface area (Å²) in [6, 6.07) is 10.1. The van der Waals surface area contributed by atoms with E-state index in [4.69, 9.17) is 0 Å². The molecule has 3 aromatic heterocycles. The van der Waals surface area contributed by atoms with Gasteiger partial charge in [-0.15, -0.1) is 0 Å². The Morgan fingerprint density at radius 1 is 1.32 bits per heavy atom. The summed E-state index contributed by atoms with van der Waals surface area (Å²) >= 11 is 4.75. The normalized spacial score (nSPS) is 11.0. The average Bonchev–Trinajstić information content (AvgIpc) is 3.29. The lowest BCUT2D eigenvalue weighted by atomic mass is 10.1. The quantitative estimate of drug-likeness (QED) is 0.426. The Hall–Kier alpha value is -2.83. The third-order valence-electron chi connectivity index (χ3n) is 4.27. The van der Waals surface area contributed by atoms with Crippen LogP contribution in [0.2, 0.25) is 0 Å². The number of hydrogen-bond donors (Lipinski definition) is 0. The third kappa shape index (κ3) is 3.15. The van der Waals surface area contributed by atoms with Gasteiger partial charge in [-0.1, -0.05) is 11.3 Å². The highest BCUT2D eigenvalue weighted by molar-refractivity contribution is 9.10. The van der Waals surface area contributed by atoms with Crippen molar-refractivity contribution in [1.82, 2.24) is 19.7 Å². The first-order chi connectivity index (χ1) is 13.5. The Kier molecular flexibility index (Phi) is 4.83. The number of benzene rings is 1. The van der Waals surface area contributed by atoms with Gasteiger partial charge in [0.25, 0.3) is 0 Å². The van der Waals surface area contributed by atoms with Crippen molar-refractivity contribution < 1.29 is 4.39 Å². The SMILES string of the molecule is CCn1nc2ncc(Br)cc2c1N(C)c1nc(-c2ccc(F)cc2)c(C#N)s1. The van der Waals surface area contributed by atoms with Gasteiger partial charge in [0.15, 0.2) is 10.8 Å². The zero-order valence-corrected chi connectivity index (χ0v) is 17.4. The van der Waals surface area contributed by atoms with Crippen LogP contribution in [0.1, 0.15) is 11.8 Å². The first-order valence-corrected chi connectivity index (χ1v) is 10.1. The van der Waals surface area contributed by atoms with E-state index < -0.39 is 0 Å². The summed E-state index contributed by atoms with van der Waals surface area (Å²) in [5, 5.41) is 15.6. The molecule has 0 amide bonds. The van der Waals surface area contributed by atoms with Crippen LogP contribution in [0.5, 0.6) is 0 Å². The van der Waals surface area contributed by atoms with E-state index in [0.717, 1.165) is 15.7 Å². The molecule has 0 aliphatic carbocycles. The number of aryl methyl sites for hydroxylation is 1. The molecule has 0 unspecified atom stereocenters. The smallest absolute Gasteiger partial charge is 0.192 e. The predicted octanol–water partition coefficient (Wildman–Crippen LogP) is 5.12. The summed E-state index contributed by atoms with van der Waals surface area (Å²) in [5.74, 6) is 0.515. The highest BCUT2D eigenvalue weighted by Gasteiger charge is 2.22. The van der Waals surface area contributed by atoms with Crippen molar-refractivity contribution in [2.75, 3.05) is 11.9 Å². The maximum atomic E-state index is 13.3. The summed E-state index contributed by atoms with van der Waals surface area (Å²) in [5.41, 5.74) is 1.88. The van der Waals surface area contributed by atoms with E-state index in [0.29, 0.717) is 33.5 Å². The van der Waals surface area contributed by atoms with E-state index in [2.05, 4.69) is 37.1 Å². The second-order valence-electron chi connectivity index (χ2n) is 6.02. The fourth-order valence-electron chi connectivity index (χ4n) is 2.97. The van der Waals surface area contributed by atoms with Crippen molar-refractivity contribution in [3.05, 3.63) is 51.7 Å². The Bertz CT molecular complexity index is 1210. The standard InChI is InChI=1S/C19H14BrFN6S/c1-3-27-18(14-8-12(20)10-23-17(14)25-27)26(2)19-24-16(15(9-22)28-19)11-4-6-13(21)7-5-11/h4-8,10H,3H2,1-2H3. The number of halogens is 2. The number of aromatic nitrogens is 4. The second kappa shape index (κ2) is 7.30. The number of anilines is 2. The molecule has 3 heterocycles. The molecule has 0 saturated heterocycles. The van der Waals surface area contributed by atoms with Crippen molar-refractivity contribution >= 4 is 49.2 Å². The van der Waals surface area contributed by atoms with Gasteiger partial charge in [-0.25, -0.2) is 19.0 Å². The van der Waals surface area contributed by atoms with E-state index in [1.165, 1.54) is 23.5 Å². The molecule has 1 aromatic carbocycles. The molecule has 0 atom stereocenters. The molecule has 4 aromatic rings. The summed E-state index contributed by atoms with van der Waals surface area (Å²) in [6.45, 7) is 2.67. The van der Waals surface area contributed by atoms with E-state index in [1.54, 1.807) is 18.3 Å². The number of fused-ring (bicyclic) bond motifs is 1. The molecular weight excluding hydrogens is 443 g/mol. The van der Waals surface area contributed by atoms with E-state index in [-0.39, 0.29) is 5.82 Å². The number of pyridine rings is 1. The molecule has 140 valence electrons. The number of nitrogens with zero attached hydrogens (tertiary/aromatic N) is 6. The molecule has 0 aliphatic heterocycles. The van der Waals surface area contributed by atoms with Gasteiger partial charge in [0, 0.05) is 29.8 Å². The van der Waals surface area contributed by atoms with Gasteiger partial charge in [0.2, 0.25) is 0 Å². The predicted molar refractivity (Wildman–Crippen MR) is 111 cm³/mol. The topological polar surface area (TPSA) is 70.6 Å². The van der Waals surface area contributed by atoms with E-state index >= 15 is 0 Å². The highest BCUT2D eigenvalue weighted by atomic mass is 79.9. The molecule has 4 rings (SSSR count). The highest BCUT2D eigenvalue weighted by Crippen LogP contribution is 2.37. The van der Waals surface area contributed by atoms with Crippen LogP contribution in [-0.4, -0.2) is 26.8 Å². The number of rotatable bonds is 4. The summed E-state index contributed by atoms with van der Waals surface area (Å²) in [7, 11) is 1.89. The van der Waals surface area contributed by atoms with Crippen LogP contribution in [0, 0.1) is 17.1 Å². The Balaban J connectivity index is 1.84. The molecule has 0 fully saturated rings. The fourth-order valence-corrected chi connectivity index (χ4v) is 4.15. The van der Waals surface area contributed by atoms with Gasteiger partial charge in [0.1, 0.15) is 28.3 Å². The zero-order chi connectivity index (χ0) is 19.8. The van der Waals surface area contributed by atoms with Crippen LogP contribution in [0.25, 0.3) is 22.3 Å². The Morgan fingerprint density at radius 2 is 2.07 bits per heavy atom. The van der Waals surface area contributed by atoms with E-state index in [9.17, 15) is 9.65 Å². The van der Waals surface area contributed by atoms with Crippen LogP contribution in [0.4, 0.5) is 15.3 Å². The lowest BCUT2D eigenvalue weighted by Crippen LogP contribution is -2.15. The molecule has 0 radical (unpaired) electrons. The molecule has 9 heteroatoms. The number of nitriles is 1. The number of hydrogen-bond acceptors (Lipinski definition) is 6. The average molecular weight is 457 g/mol. The lowest BCUT2D eigenvalue weighted by molar-refractivity contribution is 0.628. The minimum atomic E-state index is -0.328. The van der Waals surface area contributed by atoms with Crippen molar-refractivity contribution in [2.45, 2.75) is 13.5 Å². The van der Waals surface area contributed by atoms with Gasteiger partial charge in [0.05, 0.1) is 5.39 Å². The minimum absolute atomic E-state index is 0.328. The lowest BCUT2D eigenvalue weighted by Gasteiger charge is -2.17. The molecule has 0 saturated carbocycles. The van der Waals surface area contributed by atoms with Crippen LogP contribution < -0.4 is 4.90 Å². The number of thiazole rings is 1. The first kappa shape index (κ1) is 18.5. The zero-order valence-electron chi connectivity index (χ0n) is 15.0. The molecule has 28 heavy (non-hydrogen) atoms. The first-order valence-electron chi connectivity index (χ1n) is 8.44. The van der Waals surface area contributed by atoms with Gasteiger partial charge in [-0.05, 0) is 53.2 Å². The monoisotopic (exact) mass is 456 g/mol. The third-order valence-corrected chi connectivity index (χ3v) is 5.74. The fraction of sp³-hybridized carbons (Fsp3) is 0.158. The largest absolute Gasteiger partial charge is 0.305 e. The molecule has 0 aliphatic rings. The van der Waals surface area contributed by atoms with Gasteiger partial charge in [-0.2, -0.15) is 10.4 Å². The van der Waals surface area contributed by atoms with Gasteiger partial charge < -0.3 is 4.90 Å². The van der Waals surface area contributed by atoms with Crippen molar-refractivity contribution in [3.8, 4) is 17.3 Å². The van der Waals surface area contributed by atoms with Crippen LogP contribution in [0.15, 0.2) is 41.0 Å². The van der Waals surface area contributed by atoms with Gasteiger partial charge in [-0.3, -0.25) is 0 Å². The molecular formula is C19H14BrFN6S. The molecule has 0 bridgehead atoms. The Morgan fingerprint density at radius 3 is 2.75 bits per heavy atom. The van der Waals surface area contributed by atoms with E-state index in [1.807, 2.05) is 29.6 Å². The maximum absolute atomic E-state index is 13.3. The summed E-state index contributed by atoms with van der Waals surface area (Å²) in [6.07, 6.45) is 1.71. The van der Waals surface area contributed by atoms with Crippen molar-refractivity contribution in [2.24, 2.45) is 0 Å². The van der Waals surface area contributed by atoms with Gasteiger partial charge >= 0.3 is 0 Å². The van der Waals surface area contributed by atoms with Crippen molar-refractivity contribution in [1.29, 1.82) is 5.26 Å². The molecule has 0 spiro atoms. The summed E-state index contributed by atoms with van der Waals surface area (Å²) < 4.78 is 16.0. The van der Waals surface area contributed by atoms with Crippen LogP contribution >= 0.6 is 27.3 Å². The summed E-state index contributed by atoms with van der Waals surface area (Å²) in [4.78, 5) is 11.4. The molecule has 0 N–H and O–H groups in total. The molecule has 6 nitrogen and oxygen atoms in total. The van der Waals surface area contributed by atoms with Crippen LogP contribution in [-0.2, 0) is 6.54 Å². The second-order valence-corrected chi connectivity index (χ2v) is 7.91. The van der Waals surface area contributed by atoms with Crippen LogP contribution in [0.3, 0.4) is 0 Å². The Labute approximate surface area is 173 Å². The minimum Gasteiger partial charge on any atom is -0.305 e.